The highest BCUT2D eigenvalue weighted by Gasteiger charge is 1.80. The lowest BCUT2D eigenvalue weighted by atomic mass is 10.4. The molecule has 0 aliphatic carbocycles. The molecule has 0 rings (SSSR count). The maximum absolute atomic E-state index is 6.98. The molecule has 0 radical (unpaired) electrons. The van der Waals surface area contributed by atoms with Gasteiger partial charge in [-0.1, -0.05) is 5.92 Å². The second-order valence-corrected chi connectivity index (χ2v) is 2.92. The molecule has 0 atom stereocenters. The van der Waals surface area contributed by atoms with Crippen molar-refractivity contribution in [2.24, 2.45) is 0 Å². The third-order valence-electron chi connectivity index (χ3n) is 0.602. The summed E-state index contributed by atoms with van der Waals surface area (Å²) in [5.74, 6) is 2.19. The van der Waals surface area contributed by atoms with Crippen LogP contribution in [0.25, 0.3) is 0 Å². The molecule has 0 aromatic carbocycles. The monoisotopic (exact) mass is 234 g/mol. The molecule has 0 heterocycles. The highest BCUT2D eigenvalue weighted by molar-refractivity contribution is 14.1. The van der Waals surface area contributed by atoms with Gasteiger partial charge in [0.1, 0.15) is 5.71 Å². The Morgan fingerprint density at radius 1 is 1.89 bits per heavy atom. The Balaban J connectivity index is 3.75. The minimum absolute atomic E-state index is 0.193. The largest absolute Gasteiger partial charge is 0.325 e. The molecule has 0 aromatic heterocycles. The van der Waals surface area contributed by atoms with Gasteiger partial charge in [0.2, 0.25) is 0 Å². The minimum Gasteiger partial charge on any atom is -0.325 e. The van der Waals surface area contributed by atoms with Crippen molar-refractivity contribution >= 4 is 28.6 Å². The van der Waals surface area contributed by atoms with E-state index in [0.29, 0.717) is 0 Å². The second kappa shape index (κ2) is 4.39. The zero-order valence-corrected chi connectivity index (χ0v) is 7.21. The smallest absolute Gasteiger partial charge is 0.105 e. The molecule has 0 bridgehead atoms. The van der Waals surface area contributed by atoms with Crippen LogP contribution >= 0.6 is 22.9 Å². The quantitative estimate of drug-likeness (QED) is 0.333. The summed E-state index contributed by atoms with van der Waals surface area (Å²) in [6, 6.07) is 0. The van der Waals surface area contributed by atoms with Crippen molar-refractivity contribution in [3.8, 4) is 12.3 Å². The van der Waals surface area contributed by atoms with Crippen LogP contribution in [0.15, 0.2) is 12.3 Å². The third kappa shape index (κ3) is 5.37. The summed E-state index contributed by atoms with van der Waals surface area (Å²) in [7, 11) is 1.86. The van der Waals surface area contributed by atoms with Crippen LogP contribution in [0.2, 0.25) is 0 Å². The van der Waals surface area contributed by atoms with Gasteiger partial charge in [-0.15, -0.1) is 6.42 Å². The average molecular weight is 234 g/mol. The van der Waals surface area contributed by atoms with E-state index in [1.54, 1.807) is 15.4 Å². The highest BCUT2D eigenvalue weighted by Crippen LogP contribution is 1.92. The summed E-state index contributed by atoms with van der Waals surface area (Å²) >= 11 is 2.07. The molecular formula is C6H7IN2. The summed E-state index contributed by atoms with van der Waals surface area (Å²) in [5, 5.41) is 6.98. The fourth-order valence-electron chi connectivity index (χ4n) is 0.225. The molecule has 0 unspecified atom stereocenters. The highest BCUT2D eigenvalue weighted by atomic mass is 127. The van der Waals surface area contributed by atoms with Crippen LogP contribution in [-0.2, 0) is 0 Å². The summed E-state index contributed by atoms with van der Waals surface area (Å²) < 4.78 is 1.80. The zero-order chi connectivity index (χ0) is 7.28. The standard InChI is InChI=1S/C6H7IN2/c1-3-6(8)4-5-9(2)7/h1,4-5,8H,2H3/b5-4-,8-6?. The van der Waals surface area contributed by atoms with Gasteiger partial charge in [-0.05, 0) is 6.08 Å². The number of allylic oxidation sites excluding steroid dienone is 1. The number of halogens is 1. The van der Waals surface area contributed by atoms with Crippen LogP contribution in [0.4, 0.5) is 0 Å². The van der Waals surface area contributed by atoms with Crippen LogP contribution in [-0.4, -0.2) is 15.9 Å². The van der Waals surface area contributed by atoms with E-state index in [2.05, 4.69) is 28.8 Å². The summed E-state index contributed by atoms with van der Waals surface area (Å²) in [6.07, 6.45) is 8.20. The summed E-state index contributed by atoms with van der Waals surface area (Å²) in [4.78, 5) is 0. The molecule has 2 nitrogen and oxygen atoms in total. The zero-order valence-electron chi connectivity index (χ0n) is 5.06. The molecular weight excluding hydrogens is 227 g/mol. The first-order chi connectivity index (χ1) is 4.16. The number of rotatable bonds is 2. The van der Waals surface area contributed by atoms with Crippen molar-refractivity contribution in [3.63, 3.8) is 0 Å². The number of nitrogens with zero attached hydrogens (tertiary/aromatic N) is 1. The van der Waals surface area contributed by atoms with Crippen LogP contribution < -0.4 is 0 Å². The van der Waals surface area contributed by atoms with E-state index < -0.39 is 0 Å². The van der Waals surface area contributed by atoms with Gasteiger partial charge >= 0.3 is 0 Å². The third-order valence-corrected chi connectivity index (χ3v) is 0.924. The van der Waals surface area contributed by atoms with Crippen LogP contribution in [0.3, 0.4) is 0 Å². The Kier molecular flexibility index (Phi) is 4.14. The molecule has 0 aromatic rings. The second-order valence-electron chi connectivity index (χ2n) is 1.40. The van der Waals surface area contributed by atoms with Crippen LogP contribution in [0.5, 0.6) is 0 Å². The van der Waals surface area contributed by atoms with Crippen molar-refractivity contribution in [1.29, 1.82) is 5.41 Å². The normalized spacial score (nSPS) is 9.00. The lowest BCUT2D eigenvalue weighted by Gasteiger charge is -1.97. The van der Waals surface area contributed by atoms with E-state index in [4.69, 9.17) is 11.8 Å². The van der Waals surface area contributed by atoms with Crippen molar-refractivity contribution in [1.82, 2.24) is 3.11 Å². The first-order valence-corrected chi connectivity index (χ1v) is 3.25. The maximum Gasteiger partial charge on any atom is 0.105 e. The number of nitrogens with one attached hydrogen (secondary N) is 1. The Hall–Kier alpha value is -0.500. The van der Waals surface area contributed by atoms with E-state index in [1.165, 1.54) is 0 Å². The van der Waals surface area contributed by atoms with Crippen molar-refractivity contribution < 1.29 is 0 Å². The molecule has 1 N–H and O–H groups in total. The molecule has 0 saturated heterocycles. The Bertz CT molecular complexity index is 164. The topological polar surface area (TPSA) is 27.1 Å². The first kappa shape index (κ1) is 8.50. The van der Waals surface area contributed by atoms with E-state index >= 15 is 0 Å². The summed E-state index contributed by atoms with van der Waals surface area (Å²) in [6.45, 7) is 0. The maximum atomic E-state index is 6.98. The Morgan fingerprint density at radius 3 is 2.78 bits per heavy atom. The lowest BCUT2D eigenvalue weighted by molar-refractivity contribution is 0.836. The van der Waals surface area contributed by atoms with Gasteiger partial charge in [-0.25, -0.2) is 0 Å². The van der Waals surface area contributed by atoms with Gasteiger partial charge in [-0.2, -0.15) is 0 Å². The number of hydrogen-bond donors (Lipinski definition) is 1. The fourth-order valence-corrected chi connectivity index (χ4v) is 0.386. The van der Waals surface area contributed by atoms with Crippen molar-refractivity contribution in [2.75, 3.05) is 7.05 Å². The van der Waals surface area contributed by atoms with Crippen molar-refractivity contribution in [2.45, 2.75) is 0 Å². The van der Waals surface area contributed by atoms with Crippen LogP contribution in [0, 0.1) is 17.8 Å². The van der Waals surface area contributed by atoms with Gasteiger partial charge in [0.25, 0.3) is 0 Å². The Labute approximate surface area is 68.9 Å². The molecule has 0 saturated carbocycles. The molecule has 0 amide bonds. The molecule has 9 heavy (non-hydrogen) atoms. The fraction of sp³-hybridized carbons (Fsp3) is 0.167. The molecule has 0 fully saturated rings. The van der Waals surface area contributed by atoms with Crippen molar-refractivity contribution in [3.05, 3.63) is 12.3 Å². The molecule has 0 aliphatic rings. The molecule has 48 valence electrons. The molecule has 0 aliphatic heterocycles. The van der Waals surface area contributed by atoms with Gasteiger partial charge in [-0.3, -0.25) is 5.41 Å². The van der Waals surface area contributed by atoms with E-state index in [1.807, 2.05) is 7.05 Å². The van der Waals surface area contributed by atoms with Gasteiger partial charge in [0.05, 0.1) is 22.9 Å². The van der Waals surface area contributed by atoms with E-state index in [9.17, 15) is 0 Å². The van der Waals surface area contributed by atoms with Gasteiger partial charge < -0.3 is 3.11 Å². The Morgan fingerprint density at radius 2 is 2.44 bits per heavy atom. The van der Waals surface area contributed by atoms with Gasteiger partial charge in [0, 0.05) is 13.2 Å². The van der Waals surface area contributed by atoms with E-state index in [-0.39, 0.29) is 5.71 Å². The van der Waals surface area contributed by atoms with E-state index in [0.717, 1.165) is 0 Å². The molecule has 3 heteroatoms. The lowest BCUT2D eigenvalue weighted by Crippen LogP contribution is -1.92. The average Bonchev–Trinajstić information content (AvgIpc) is 1.83. The molecule has 0 spiro atoms. The van der Waals surface area contributed by atoms with Gasteiger partial charge in [0.15, 0.2) is 0 Å². The first-order valence-electron chi connectivity index (χ1n) is 2.29. The van der Waals surface area contributed by atoms with Crippen LogP contribution in [0.1, 0.15) is 0 Å². The SMILES string of the molecule is C#CC(=N)/C=C\N(C)I. The number of terminal acetylenes is 1. The minimum atomic E-state index is 0.193. The predicted molar refractivity (Wildman–Crippen MR) is 47.5 cm³/mol. The predicted octanol–water partition coefficient (Wildman–Crippen LogP) is 1.43. The number of hydrogen-bond acceptors (Lipinski definition) is 2. The summed E-state index contributed by atoms with van der Waals surface area (Å²) in [5.41, 5.74) is 0.193.